The third kappa shape index (κ3) is 5.97. The molecule has 9 heteroatoms. The summed E-state index contributed by atoms with van der Waals surface area (Å²) in [7, 11) is 1.55. The molecule has 1 N–H and O–H groups in total. The fourth-order valence-corrected chi connectivity index (χ4v) is 3.03. The maximum atomic E-state index is 13.5. The molecular weight excluding hydrogens is 402 g/mol. The van der Waals surface area contributed by atoms with Crippen molar-refractivity contribution in [3.8, 4) is 17.2 Å². The molecular formula is C20H18F2N2O4S. The summed E-state index contributed by atoms with van der Waals surface area (Å²) in [6, 6.07) is 7.33. The number of thiazole rings is 1. The molecule has 0 saturated carbocycles. The van der Waals surface area contributed by atoms with Crippen molar-refractivity contribution in [3.63, 3.8) is 0 Å². The number of halogens is 2. The number of hydrogen-bond donors (Lipinski definition) is 1. The van der Waals surface area contributed by atoms with E-state index in [4.69, 9.17) is 14.2 Å². The van der Waals surface area contributed by atoms with Crippen LogP contribution in [0, 0.1) is 11.6 Å². The zero-order valence-electron chi connectivity index (χ0n) is 15.6. The summed E-state index contributed by atoms with van der Waals surface area (Å²) in [5.41, 5.74) is 0.231. The number of hydrogen-bond acceptors (Lipinski definition) is 6. The number of nitrogens with one attached hydrogen (secondary N) is 1. The molecule has 3 rings (SSSR count). The van der Waals surface area contributed by atoms with Crippen LogP contribution in [0.3, 0.4) is 0 Å². The fraction of sp³-hybridized carbons (Fsp3) is 0.200. The Morgan fingerprint density at radius 3 is 2.45 bits per heavy atom. The van der Waals surface area contributed by atoms with Crippen LogP contribution in [0.2, 0.25) is 0 Å². The lowest BCUT2D eigenvalue weighted by molar-refractivity contribution is 0.0916. The van der Waals surface area contributed by atoms with E-state index in [0.717, 1.165) is 18.2 Å². The highest BCUT2D eigenvalue weighted by molar-refractivity contribution is 7.13. The number of carbonyl (C=O) groups excluding carboxylic acids is 1. The molecule has 1 amide bonds. The first-order valence-electron chi connectivity index (χ1n) is 8.58. The zero-order valence-corrected chi connectivity index (χ0v) is 16.5. The van der Waals surface area contributed by atoms with Crippen molar-refractivity contribution in [3.05, 3.63) is 65.2 Å². The molecule has 29 heavy (non-hydrogen) atoms. The van der Waals surface area contributed by atoms with E-state index < -0.39 is 17.5 Å². The molecule has 1 heterocycles. The number of methoxy groups -OCH3 is 1. The van der Waals surface area contributed by atoms with Gasteiger partial charge in [-0.05, 0) is 19.1 Å². The van der Waals surface area contributed by atoms with Gasteiger partial charge in [0.2, 0.25) is 0 Å². The van der Waals surface area contributed by atoms with E-state index in [9.17, 15) is 13.6 Å². The summed E-state index contributed by atoms with van der Waals surface area (Å²) in [4.78, 5) is 16.6. The Balaban J connectivity index is 1.89. The molecule has 3 aromatic rings. The number of benzene rings is 2. The van der Waals surface area contributed by atoms with Crippen LogP contribution in [0.4, 0.5) is 13.9 Å². The van der Waals surface area contributed by atoms with Crippen LogP contribution in [-0.4, -0.2) is 30.7 Å². The maximum Gasteiger partial charge on any atom is 0.257 e. The predicted octanol–water partition coefficient (Wildman–Crippen LogP) is 4.88. The van der Waals surface area contributed by atoms with Gasteiger partial charge in [0, 0.05) is 48.5 Å². The van der Waals surface area contributed by atoms with Crippen LogP contribution in [-0.2, 0) is 4.74 Å². The summed E-state index contributed by atoms with van der Waals surface area (Å²) in [5.74, 6) is -1.50. The Kier molecular flexibility index (Phi) is 6.73. The lowest BCUT2D eigenvalue weighted by Gasteiger charge is -2.16. The van der Waals surface area contributed by atoms with Gasteiger partial charge in [-0.1, -0.05) is 0 Å². The quantitative estimate of drug-likeness (QED) is 0.563. The minimum Gasteiger partial charge on any atom is -0.488 e. The fourth-order valence-electron chi connectivity index (χ4n) is 2.51. The van der Waals surface area contributed by atoms with E-state index in [1.807, 2.05) is 0 Å². The van der Waals surface area contributed by atoms with Gasteiger partial charge < -0.3 is 14.2 Å². The van der Waals surface area contributed by atoms with Crippen molar-refractivity contribution in [1.82, 2.24) is 4.98 Å². The Hall–Kier alpha value is -3.04. The standard InChI is InChI=1S/C20H18F2N2O4S/c1-12(11-26-2)27-16-5-13(19(25)24-20-23-3-4-29-20)6-17(10-16)28-18-8-14(21)7-15(22)9-18/h3-10,12H,11H2,1-2H3,(H,23,24,25)/t12-/m0/s1. The molecule has 6 nitrogen and oxygen atoms in total. The average molecular weight is 420 g/mol. The summed E-state index contributed by atoms with van der Waals surface area (Å²) in [6.45, 7) is 2.13. The van der Waals surface area contributed by atoms with Gasteiger partial charge in [-0.2, -0.15) is 0 Å². The largest absolute Gasteiger partial charge is 0.488 e. The minimum absolute atomic E-state index is 0.0455. The number of amides is 1. The van der Waals surface area contributed by atoms with E-state index in [0.29, 0.717) is 17.5 Å². The number of nitrogens with zero attached hydrogens (tertiary/aromatic N) is 1. The Labute approximate surface area is 170 Å². The van der Waals surface area contributed by atoms with Gasteiger partial charge in [-0.3, -0.25) is 10.1 Å². The highest BCUT2D eigenvalue weighted by atomic mass is 32.1. The van der Waals surface area contributed by atoms with E-state index >= 15 is 0 Å². The highest BCUT2D eigenvalue weighted by Crippen LogP contribution is 2.29. The summed E-state index contributed by atoms with van der Waals surface area (Å²) in [6.07, 6.45) is 1.27. The van der Waals surface area contributed by atoms with Crippen molar-refractivity contribution < 1.29 is 27.8 Å². The first-order valence-corrected chi connectivity index (χ1v) is 9.46. The average Bonchev–Trinajstić information content (AvgIpc) is 3.13. The second kappa shape index (κ2) is 9.44. The highest BCUT2D eigenvalue weighted by Gasteiger charge is 2.14. The molecule has 1 atom stereocenters. The molecule has 0 unspecified atom stereocenters. The molecule has 0 fully saturated rings. The second-order valence-corrected chi connectivity index (χ2v) is 6.97. The number of anilines is 1. The number of ether oxygens (including phenoxy) is 3. The number of carbonyl (C=O) groups is 1. The van der Waals surface area contributed by atoms with Gasteiger partial charge in [0.05, 0.1) is 6.61 Å². The molecule has 152 valence electrons. The third-order valence-corrected chi connectivity index (χ3v) is 4.29. The maximum absolute atomic E-state index is 13.5. The van der Waals surface area contributed by atoms with E-state index in [1.165, 1.54) is 29.5 Å². The van der Waals surface area contributed by atoms with Crippen molar-refractivity contribution >= 4 is 22.4 Å². The smallest absolute Gasteiger partial charge is 0.257 e. The molecule has 0 aliphatic heterocycles. The normalized spacial score (nSPS) is 11.7. The van der Waals surface area contributed by atoms with Crippen LogP contribution in [0.5, 0.6) is 17.2 Å². The molecule has 0 saturated heterocycles. The Bertz CT molecular complexity index is 962. The lowest BCUT2D eigenvalue weighted by atomic mass is 10.2. The van der Waals surface area contributed by atoms with E-state index in [-0.39, 0.29) is 23.2 Å². The lowest BCUT2D eigenvalue weighted by Crippen LogP contribution is -2.18. The van der Waals surface area contributed by atoms with Crippen LogP contribution in [0.15, 0.2) is 48.0 Å². The predicted molar refractivity (Wildman–Crippen MR) is 105 cm³/mol. The summed E-state index contributed by atoms with van der Waals surface area (Å²) in [5, 5.41) is 4.83. The summed E-state index contributed by atoms with van der Waals surface area (Å²) >= 11 is 1.27. The molecule has 0 radical (unpaired) electrons. The van der Waals surface area contributed by atoms with Gasteiger partial charge in [-0.25, -0.2) is 13.8 Å². The van der Waals surface area contributed by atoms with Gasteiger partial charge in [0.25, 0.3) is 5.91 Å². The Morgan fingerprint density at radius 1 is 1.10 bits per heavy atom. The monoisotopic (exact) mass is 420 g/mol. The molecule has 0 aliphatic carbocycles. The van der Waals surface area contributed by atoms with Crippen molar-refractivity contribution in [2.75, 3.05) is 19.0 Å². The van der Waals surface area contributed by atoms with Crippen LogP contribution in [0.1, 0.15) is 17.3 Å². The van der Waals surface area contributed by atoms with Gasteiger partial charge >= 0.3 is 0 Å². The van der Waals surface area contributed by atoms with E-state index in [1.54, 1.807) is 25.6 Å². The molecule has 2 aromatic carbocycles. The Morgan fingerprint density at radius 2 is 1.79 bits per heavy atom. The van der Waals surface area contributed by atoms with Crippen molar-refractivity contribution in [1.29, 1.82) is 0 Å². The van der Waals surface area contributed by atoms with Crippen LogP contribution in [0.25, 0.3) is 0 Å². The van der Waals surface area contributed by atoms with Gasteiger partial charge in [0.15, 0.2) is 5.13 Å². The summed E-state index contributed by atoms with van der Waals surface area (Å²) < 4.78 is 43.3. The first kappa shape index (κ1) is 20.7. The third-order valence-electron chi connectivity index (χ3n) is 3.61. The van der Waals surface area contributed by atoms with Crippen molar-refractivity contribution in [2.45, 2.75) is 13.0 Å². The van der Waals surface area contributed by atoms with Gasteiger partial charge in [-0.15, -0.1) is 11.3 Å². The molecule has 0 aliphatic rings. The number of aromatic nitrogens is 1. The SMILES string of the molecule is COC[C@H](C)Oc1cc(Oc2cc(F)cc(F)c2)cc(C(=O)Nc2nccs2)c1. The van der Waals surface area contributed by atoms with Gasteiger partial charge in [0.1, 0.15) is 35.0 Å². The molecule has 1 aromatic heterocycles. The zero-order chi connectivity index (χ0) is 20.8. The van der Waals surface area contributed by atoms with Crippen LogP contribution >= 0.6 is 11.3 Å². The first-order chi connectivity index (χ1) is 13.9. The molecule has 0 bridgehead atoms. The molecule has 0 spiro atoms. The number of rotatable bonds is 8. The van der Waals surface area contributed by atoms with Crippen LogP contribution < -0.4 is 14.8 Å². The second-order valence-electron chi connectivity index (χ2n) is 6.08. The van der Waals surface area contributed by atoms with Crippen molar-refractivity contribution in [2.24, 2.45) is 0 Å². The van der Waals surface area contributed by atoms with E-state index in [2.05, 4.69) is 10.3 Å². The minimum atomic E-state index is -0.775. The topological polar surface area (TPSA) is 69.7 Å².